The summed E-state index contributed by atoms with van der Waals surface area (Å²) in [6.45, 7) is 1.06. The topological polar surface area (TPSA) is 60.5 Å². The number of carbonyl (C=O) groups excluding carboxylic acids is 1. The lowest BCUT2D eigenvalue weighted by atomic mass is 9.92. The molecule has 0 saturated heterocycles. The minimum atomic E-state index is -0.444. The van der Waals surface area contributed by atoms with Crippen molar-refractivity contribution in [1.82, 2.24) is 10.3 Å². The fraction of sp³-hybridized carbons (Fsp3) is 0.333. The SMILES string of the molecule is COC(=O)NCC1OCCCc2c(-c3ccccn3)cccc21. The van der Waals surface area contributed by atoms with Crippen LogP contribution in [0.4, 0.5) is 4.79 Å². The van der Waals surface area contributed by atoms with E-state index in [-0.39, 0.29) is 6.10 Å². The zero-order valence-electron chi connectivity index (χ0n) is 13.1. The Morgan fingerprint density at radius 2 is 2.26 bits per heavy atom. The van der Waals surface area contributed by atoms with Crippen LogP contribution >= 0.6 is 0 Å². The van der Waals surface area contributed by atoms with Crippen molar-refractivity contribution in [2.24, 2.45) is 0 Å². The predicted molar refractivity (Wildman–Crippen MR) is 87.1 cm³/mol. The molecule has 0 radical (unpaired) electrons. The van der Waals surface area contributed by atoms with Gasteiger partial charge in [0.2, 0.25) is 0 Å². The van der Waals surface area contributed by atoms with Crippen LogP contribution in [0.1, 0.15) is 23.7 Å². The molecular weight excluding hydrogens is 292 g/mol. The van der Waals surface area contributed by atoms with Crippen LogP contribution in [-0.4, -0.2) is 31.3 Å². The minimum absolute atomic E-state index is 0.171. The Balaban J connectivity index is 1.94. The number of hydrogen-bond donors (Lipinski definition) is 1. The zero-order chi connectivity index (χ0) is 16.1. The largest absolute Gasteiger partial charge is 0.453 e. The monoisotopic (exact) mass is 312 g/mol. The number of rotatable bonds is 3. The van der Waals surface area contributed by atoms with Crippen molar-refractivity contribution in [1.29, 1.82) is 0 Å². The van der Waals surface area contributed by atoms with Gasteiger partial charge in [0.1, 0.15) is 6.10 Å². The standard InChI is InChI=1S/C18H20N2O3/c1-22-18(21)20-12-17-15-7-4-6-14(13(15)8-5-11-23-17)16-9-2-3-10-19-16/h2-4,6-7,9-10,17H,5,8,11-12H2,1H3,(H,20,21). The average molecular weight is 312 g/mol. The Kier molecular flexibility index (Phi) is 4.88. The molecule has 1 aliphatic rings. The molecule has 2 heterocycles. The molecule has 0 aliphatic carbocycles. The molecule has 0 bridgehead atoms. The van der Waals surface area contributed by atoms with E-state index < -0.39 is 6.09 Å². The average Bonchev–Trinajstić information content (AvgIpc) is 2.82. The molecule has 5 heteroatoms. The molecule has 1 aliphatic heterocycles. The van der Waals surface area contributed by atoms with Gasteiger partial charge < -0.3 is 14.8 Å². The van der Waals surface area contributed by atoms with Crippen LogP contribution in [0.5, 0.6) is 0 Å². The van der Waals surface area contributed by atoms with Crippen LogP contribution < -0.4 is 5.32 Å². The van der Waals surface area contributed by atoms with Gasteiger partial charge in [0.05, 0.1) is 19.3 Å². The van der Waals surface area contributed by atoms with Gasteiger partial charge in [-0.2, -0.15) is 0 Å². The maximum Gasteiger partial charge on any atom is 0.406 e. The third-order valence-corrected chi connectivity index (χ3v) is 4.01. The van der Waals surface area contributed by atoms with Crippen molar-refractivity contribution in [3.63, 3.8) is 0 Å². The Labute approximate surface area is 135 Å². The fourth-order valence-corrected chi connectivity index (χ4v) is 2.93. The summed E-state index contributed by atoms with van der Waals surface area (Å²) in [5.41, 5.74) is 4.46. The van der Waals surface area contributed by atoms with Crippen LogP contribution in [0.2, 0.25) is 0 Å². The molecule has 23 heavy (non-hydrogen) atoms. The quantitative estimate of drug-likeness (QED) is 0.946. The van der Waals surface area contributed by atoms with E-state index in [0.717, 1.165) is 29.7 Å². The smallest absolute Gasteiger partial charge is 0.406 e. The lowest BCUT2D eigenvalue weighted by Gasteiger charge is -2.20. The molecular formula is C18H20N2O3. The first-order chi connectivity index (χ1) is 11.3. The summed E-state index contributed by atoms with van der Waals surface area (Å²) in [6, 6.07) is 12.1. The normalized spacial score (nSPS) is 17.0. The predicted octanol–water partition coefficient (Wildman–Crippen LogP) is 3.11. The van der Waals surface area contributed by atoms with Crippen LogP contribution in [0, 0.1) is 0 Å². The van der Waals surface area contributed by atoms with Crippen molar-refractivity contribution < 1.29 is 14.3 Å². The van der Waals surface area contributed by atoms with E-state index in [1.165, 1.54) is 12.7 Å². The molecule has 2 aromatic rings. The summed E-state index contributed by atoms with van der Waals surface area (Å²) in [4.78, 5) is 15.8. The number of amides is 1. The molecule has 1 atom stereocenters. The van der Waals surface area contributed by atoms with Gasteiger partial charge in [-0.05, 0) is 36.1 Å². The van der Waals surface area contributed by atoms with Crippen molar-refractivity contribution in [3.05, 3.63) is 53.7 Å². The van der Waals surface area contributed by atoms with Crippen LogP contribution in [0.25, 0.3) is 11.3 Å². The van der Waals surface area contributed by atoms with Gasteiger partial charge in [-0.25, -0.2) is 4.79 Å². The molecule has 0 spiro atoms. The summed E-state index contributed by atoms with van der Waals surface area (Å²) in [5, 5.41) is 2.73. The first kappa shape index (κ1) is 15.5. The van der Waals surface area contributed by atoms with Crippen LogP contribution in [0.3, 0.4) is 0 Å². The molecule has 1 amide bonds. The highest BCUT2D eigenvalue weighted by Crippen LogP contribution is 2.33. The van der Waals surface area contributed by atoms with Crippen LogP contribution in [0.15, 0.2) is 42.6 Å². The highest BCUT2D eigenvalue weighted by Gasteiger charge is 2.22. The van der Waals surface area contributed by atoms with Crippen LogP contribution in [-0.2, 0) is 15.9 Å². The number of pyridine rings is 1. The lowest BCUT2D eigenvalue weighted by molar-refractivity contribution is 0.0555. The third kappa shape index (κ3) is 3.51. The fourth-order valence-electron chi connectivity index (χ4n) is 2.93. The molecule has 1 aromatic carbocycles. The Morgan fingerprint density at radius 3 is 3.04 bits per heavy atom. The number of nitrogens with one attached hydrogen (secondary N) is 1. The number of nitrogens with zero attached hydrogens (tertiary/aromatic N) is 1. The third-order valence-electron chi connectivity index (χ3n) is 4.01. The zero-order valence-corrected chi connectivity index (χ0v) is 13.1. The Morgan fingerprint density at radius 1 is 1.35 bits per heavy atom. The van der Waals surface area contributed by atoms with Gasteiger partial charge in [0.25, 0.3) is 0 Å². The Hall–Kier alpha value is -2.40. The van der Waals surface area contributed by atoms with Crippen molar-refractivity contribution in [2.45, 2.75) is 18.9 Å². The molecule has 1 aromatic heterocycles. The van der Waals surface area contributed by atoms with E-state index in [9.17, 15) is 4.79 Å². The van der Waals surface area contributed by atoms with E-state index >= 15 is 0 Å². The number of benzene rings is 1. The van der Waals surface area contributed by atoms with Gasteiger partial charge >= 0.3 is 6.09 Å². The molecule has 3 rings (SSSR count). The summed E-state index contributed by atoms with van der Waals surface area (Å²) in [5.74, 6) is 0. The second-order valence-electron chi connectivity index (χ2n) is 5.42. The summed E-state index contributed by atoms with van der Waals surface area (Å²) in [7, 11) is 1.36. The maximum absolute atomic E-state index is 11.3. The summed E-state index contributed by atoms with van der Waals surface area (Å²) >= 11 is 0. The number of methoxy groups -OCH3 is 1. The van der Waals surface area contributed by atoms with E-state index in [1.54, 1.807) is 6.20 Å². The summed E-state index contributed by atoms with van der Waals surface area (Å²) in [6.07, 6.45) is 3.08. The Bertz CT molecular complexity index is 673. The number of hydrogen-bond acceptors (Lipinski definition) is 4. The molecule has 1 unspecified atom stereocenters. The van der Waals surface area contributed by atoms with Crippen molar-refractivity contribution >= 4 is 6.09 Å². The van der Waals surface area contributed by atoms with Crippen molar-refractivity contribution in [3.8, 4) is 11.3 Å². The number of ether oxygens (including phenoxy) is 2. The van der Waals surface area contributed by atoms with Gasteiger partial charge in [0.15, 0.2) is 0 Å². The van der Waals surface area contributed by atoms with E-state index in [1.807, 2.05) is 24.3 Å². The highest BCUT2D eigenvalue weighted by molar-refractivity contribution is 5.67. The first-order valence-electron chi connectivity index (χ1n) is 7.76. The highest BCUT2D eigenvalue weighted by atomic mass is 16.5. The first-order valence-corrected chi connectivity index (χ1v) is 7.76. The van der Waals surface area contributed by atoms with Gasteiger partial charge in [-0.15, -0.1) is 0 Å². The van der Waals surface area contributed by atoms with E-state index in [4.69, 9.17) is 4.74 Å². The number of carbonyl (C=O) groups is 1. The second kappa shape index (κ2) is 7.24. The number of fused-ring (bicyclic) bond motifs is 1. The number of alkyl carbamates (subject to hydrolysis) is 1. The second-order valence-corrected chi connectivity index (χ2v) is 5.42. The molecule has 5 nitrogen and oxygen atoms in total. The molecule has 0 saturated carbocycles. The van der Waals surface area contributed by atoms with E-state index in [0.29, 0.717) is 13.2 Å². The number of aromatic nitrogens is 1. The lowest BCUT2D eigenvalue weighted by Crippen LogP contribution is -2.29. The molecule has 120 valence electrons. The van der Waals surface area contributed by atoms with Crippen molar-refractivity contribution in [2.75, 3.05) is 20.3 Å². The van der Waals surface area contributed by atoms with Gasteiger partial charge in [-0.3, -0.25) is 4.98 Å². The van der Waals surface area contributed by atoms with Gasteiger partial charge in [-0.1, -0.05) is 24.3 Å². The minimum Gasteiger partial charge on any atom is -0.453 e. The molecule has 1 N–H and O–H groups in total. The maximum atomic E-state index is 11.3. The van der Waals surface area contributed by atoms with Gasteiger partial charge in [0, 0.05) is 18.4 Å². The molecule has 0 fully saturated rings. The summed E-state index contributed by atoms with van der Waals surface area (Å²) < 4.78 is 10.6. The van der Waals surface area contributed by atoms with E-state index in [2.05, 4.69) is 27.2 Å².